The molecule has 4 N–H and O–H groups in total. The minimum Gasteiger partial charge on any atom is -0.481 e. The quantitative estimate of drug-likeness (QED) is 0.649. The van der Waals surface area contributed by atoms with Gasteiger partial charge in [0.15, 0.2) is 0 Å². The molecule has 7 nitrogen and oxygen atoms in total. The zero-order valence-corrected chi connectivity index (χ0v) is 11.0. The van der Waals surface area contributed by atoms with Crippen molar-refractivity contribution in [3.63, 3.8) is 0 Å². The van der Waals surface area contributed by atoms with Crippen molar-refractivity contribution in [3.8, 4) is 0 Å². The summed E-state index contributed by atoms with van der Waals surface area (Å²) in [5.74, 6) is -2.07. The third-order valence-electron chi connectivity index (χ3n) is 2.64. The van der Waals surface area contributed by atoms with Crippen LogP contribution in [0.1, 0.15) is 27.1 Å². The van der Waals surface area contributed by atoms with Gasteiger partial charge in [0.1, 0.15) is 0 Å². The van der Waals surface area contributed by atoms with E-state index in [4.69, 9.17) is 15.6 Å². The van der Waals surface area contributed by atoms with E-state index in [1.807, 2.05) is 0 Å². The lowest BCUT2D eigenvalue weighted by Crippen LogP contribution is -2.34. The van der Waals surface area contributed by atoms with Crippen molar-refractivity contribution < 1.29 is 24.2 Å². The van der Waals surface area contributed by atoms with Crippen molar-refractivity contribution >= 4 is 17.8 Å². The van der Waals surface area contributed by atoms with Gasteiger partial charge in [-0.15, -0.1) is 0 Å². The van der Waals surface area contributed by atoms with E-state index in [9.17, 15) is 14.4 Å². The SMILES string of the molecule is COC(CNC(=O)c1cccc(C(N)=O)c1)CC(=O)O. The van der Waals surface area contributed by atoms with Gasteiger partial charge in [0.05, 0.1) is 12.5 Å². The van der Waals surface area contributed by atoms with Crippen molar-refractivity contribution in [2.75, 3.05) is 13.7 Å². The molecule has 0 aliphatic carbocycles. The van der Waals surface area contributed by atoms with Gasteiger partial charge >= 0.3 is 5.97 Å². The summed E-state index contributed by atoms with van der Waals surface area (Å²) < 4.78 is 4.94. The summed E-state index contributed by atoms with van der Waals surface area (Å²) in [5, 5.41) is 11.2. The molecule has 0 radical (unpaired) electrons. The van der Waals surface area contributed by atoms with Gasteiger partial charge in [0, 0.05) is 24.8 Å². The molecule has 1 unspecified atom stereocenters. The number of methoxy groups -OCH3 is 1. The van der Waals surface area contributed by atoms with Crippen LogP contribution in [0.4, 0.5) is 0 Å². The first-order chi connectivity index (χ1) is 9.43. The maximum absolute atomic E-state index is 11.9. The van der Waals surface area contributed by atoms with Crippen molar-refractivity contribution in [3.05, 3.63) is 35.4 Å². The molecule has 1 aromatic rings. The van der Waals surface area contributed by atoms with Crippen LogP contribution in [0.25, 0.3) is 0 Å². The maximum Gasteiger partial charge on any atom is 0.306 e. The van der Waals surface area contributed by atoms with Gasteiger partial charge in [0.2, 0.25) is 5.91 Å². The Labute approximate surface area is 115 Å². The molecule has 1 rings (SSSR count). The molecule has 0 saturated heterocycles. The van der Waals surface area contributed by atoms with Crippen LogP contribution in [0.15, 0.2) is 24.3 Å². The summed E-state index contributed by atoms with van der Waals surface area (Å²) in [4.78, 5) is 33.4. The van der Waals surface area contributed by atoms with E-state index in [1.54, 1.807) is 6.07 Å². The number of ether oxygens (including phenoxy) is 1. The Morgan fingerprint density at radius 3 is 2.55 bits per heavy atom. The number of carboxylic acids is 1. The minimum absolute atomic E-state index is 0.0580. The molecule has 1 atom stereocenters. The van der Waals surface area contributed by atoms with Gasteiger partial charge in [-0.05, 0) is 18.2 Å². The third kappa shape index (κ3) is 4.69. The predicted molar refractivity (Wildman–Crippen MR) is 70.3 cm³/mol. The topological polar surface area (TPSA) is 119 Å². The van der Waals surface area contributed by atoms with Crippen LogP contribution in [0.5, 0.6) is 0 Å². The first-order valence-electron chi connectivity index (χ1n) is 5.86. The molecule has 20 heavy (non-hydrogen) atoms. The predicted octanol–water partition coefficient (Wildman–Crippen LogP) is 0.00500. The monoisotopic (exact) mass is 280 g/mol. The Hall–Kier alpha value is -2.41. The van der Waals surface area contributed by atoms with Crippen molar-refractivity contribution in [1.29, 1.82) is 0 Å². The fourth-order valence-corrected chi connectivity index (χ4v) is 1.56. The van der Waals surface area contributed by atoms with Gasteiger partial charge in [-0.3, -0.25) is 14.4 Å². The lowest BCUT2D eigenvalue weighted by Gasteiger charge is -2.14. The number of benzene rings is 1. The van der Waals surface area contributed by atoms with E-state index >= 15 is 0 Å². The summed E-state index contributed by atoms with van der Waals surface area (Å²) in [7, 11) is 1.37. The standard InChI is InChI=1S/C13H16N2O5/c1-20-10(6-11(16)17)7-15-13(19)9-4-2-3-8(5-9)12(14)18/h2-5,10H,6-7H2,1H3,(H2,14,18)(H,15,19)(H,16,17). The van der Waals surface area contributed by atoms with Crippen LogP contribution in [-0.4, -0.2) is 42.6 Å². The average Bonchev–Trinajstić information content (AvgIpc) is 2.42. The number of carboxylic acid groups (broad SMARTS) is 1. The van der Waals surface area contributed by atoms with Gasteiger partial charge in [-0.1, -0.05) is 6.07 Å². The number of carbonyl (C=O) groups is 3. The highest BCUT2D eigenvalue weighted by atomic mass is 16.5. The molecule has 1 aromatic carbocycles. The van der Waals surface area contributed by atoms with E-state index in [-0.39, 0.29) is 24.1 Å². The fraction of sp³-hybridized carbons (Fsp3) is 0.308. The number of hydrogen-bond donors (Lipinski definition) is 3. The molecule has 7 heteroatoms. The second-order valence-corrected chi connectivity index (χ2v) is 4.11. The van der Waals surface area contributed by atoms with E-state index < -0.39 is 23.9 Å². The number of carbonyl (C=O) groups excluding carboxylic acids is 2. The summed E-state index contributed by atoms with van der Waals surface area (Å²) >= 11 is 0. The largest absolute Gasteiger partial charge is 0.481 e. The number of amides is 2. The van der Waals surface area contributed by atoms with Crippen LogP contribution < -0.4 is 11.1 Å². The third-order valence-corrected chi connectivity index (χ3v) is 2.64. The Kier molecular flexibility index (Phi) is 5.67. The Balaban J connectivity index is 2.64. The van der Waals surface area contributed by atoms with Crippen LogP contribution in [0.2, 0.25) is 0 Å². The van der Waals surface area contributed by atoms with Gasteiger partial charge in [-0.25, -0.2) is 0 Å². The highest BCUT2D eigenvalue weighted by Crippen LogP contribution is 2.05. The average molecular weight is 280 g/mol. The highest BCUT2D eigenvalue weighted by molar-refractivity contribution is 5.99. The zero-order chi connectivity index (χ0) is 15.1. The molecular formula is C13H16N2O5. The number of nitrogens with one attached hydrogen (secondary N) is 1. The van der Waals surface area contributed by atoms with Crippen LogP contribution in [-0.2, 0) is 9.53 Å². The molecule has 0 bridgehead atoms. The molecule has 0 heterocycles. The summed E-state index contributed by atoms with van der Waals surface area (Å²) in [6.45, 7) is 0.0580. The molecule has 0 fully saturated rings. The Morgan fingerprint density at radius 1 is 1.35 bits per heavy atom. The van der Waals surface area contributed by atoms with Crippen molar-refractivity contribution in [1.82, 2.24) is 5.32 Å². The smallest absolute Gasteiger partial charge is 0.306 e. The van der Waals surface area contributed by atoms with E-state index in [0.717, 1.165) is 0 Å². The second-order valence-electron chi connectivity index (χ2n) is 4.11. The molecule has 108 valence electrons. The number of aliphatic carboxylic acids is 1. The van der Waals surface area contributed by atoms with Crippen molar-refractivity contribution in [2.45, 2.75) is 12.5 Å². The molecule has 2 amide bonds. The van der Waals surface area contributed by atoms with E-state index in [0.29, 0.717) is 0 Å². The Morgan fingerprint density at radius 2 is 2.00 bits per heavy atom. The zero-order valence-electron chi connectivity index (χ0n) is 11.0. The van der Waals surface area contributed by atoms with Gasteiger partial charge in [0.25, 0.3) is 5.91 Å². The summed E-state index contributed by atoms with van der Waals surface area (Å²) in [6.07, 6.45) is -0.825. The van der Waals surface area contributed by atoms with Crippen LogP contribution in [0.3, 0.4) is 0 Å². The minimum atomic E-state index is -1.01. The van der Waals surface area contributed by atoms with Crippen LogP contribution in [0, 0.1) is 0 Å². The lowest BCUT2D eigenvalue weighted by molar-refractivity contribution is -0.139. The molecule has 0 aliphatic heterocycles. The Bertz CT molecular complexity index is 515. The molecular weight excluding hydrogens is 264 g/mol. The molecule has 0 aliphatic rings. The first kappa shape index (κ1) is 15.6. The number of rotatable bonds is 7. The lowest BCUT2D eigenvalue weighted by atomic mass is 10.1. The fourth-order valence-electron chi connectivity index (χ4n) is 1.56. The van der Waals surface area contributed by atoms with E-state index in [2.05, 4.69) is 5.32 Å². The number of nitrogens with two attached hydrogens (primary N) is 1. The van der Waals surface area contributed by atoms with Gasteiger partial charge in [-0.2, -0.15) is 0 Å². The highest BCUT2D eigenvalue weighted by Gasteiger charge is 2.14. The number of hydrogen-bond acceptors (Lipinski definition) is 4. The maximum atomic E-state index is 11.9. The molecule has 0 saturated carbocycles. The molecule has 0 aromatic heterocycles. The first-order valence-corrected chi connectivity index (χ1v) is 5.86. The van der Waals surface area contributed by atoms with Gasteiger partial charge < -0.3 is 20.9 Å². The summed E-state index contributed by atoms with van der Waals surface area (Å²) in [6, 6.07) is 5.94. The van der Waals surface area contributed by atoms with Crippen molar-refractivity contribution in [2.24, 2.45) is 5.73 Å². The van der Waals surface area contributed by atoms with Crippen LogP contribution >= 0.6 is 0 Å². The number of primary amides is 1. The second kappa shape index (κ2) is 7.25. The molecule has 0 spiro atoms. The summed E-state index contributed by atoms with van der Waals surface area (Å²) in [5.41, 5.74) is 5.62. The normalized spacial score (nSPS) is 11.7. The van der Waals surface area contributed by atoms with E-state index in [1.165, 1.54) is 25.3 Å².